The molecule has 2 bridgehead atoms. The molecule has 0 N–H and O–H groups in total. The average molecular weight is 371 g/mol. The van der Waals surface area contributed by atoms with E-state index < -0.39 is 0 Å². The Morgan fingerprint density at radius 2 is 2.14 bits per heavy atom. The van der Waals surface area contributed by atoms with Crippen LogP contribution in [0.1, 0.15) is 30.5 Å². The average Bonchev–Trinajstić information content (AvgIpc) is 3.17. The molecule has 0 spiro atoms. The zero-order valence-corrected chi connectivity index (χ0v) is 16.0. The van der Waals surface area contributed by atoms with E-state index in [-0.39, 0.29) is 32.7 Å². The third-order valence-electron chi connectivity index (χ3n) is 4.69. The van der Waals surface area contributed by atoms with Crippen LogP contribution in [0.25, 0.3) is 16.9 Å². The van der Waals surface area contributed by atoms with Crippen LogP contribution in [0.3, 0.4) is 0 Å². The molecule has 1 saturated heterocycles. The van der Waals surface area contributed by atoms with Gasteiger partial charge in [0.25, 0.3) is 0 Å². The summed E-state index contributed by atoms with van der Waals surface area (Å²) in [5, 5.41) is 2.28. The van der Waals surface area contributed by atoms with Crippen molar-refractivity contribution in [3.63, 3.8) is 0 Å². The van der Waals surface area contributed by atoms with Crippen molar-refractivity contribution in [1.29, 1.82) is 0 Å². The second kappa shape index (κ2) is 6.42. The van der Waals surface area contributed by atoms with Crippen LogP contribution in [-0.4, -0.2) is 22.6 Å². The van der Waals surface area contributed by atoms with Gasteiger partial charge in [0.2, 0.25) is 5.89 Å². The van der Waals surface area contributed by atoms with Crippen LogP contribution >= 0.6 is 0 Å². The first-order valence-electron chi connectivity index (χ1n) is 7.70. The molecule has 1 aromatic heterocycles. The van der Waals surface area contributed by atoms with Crippen molar-refractivity contribution in [3.8, 4) is 11.5 Å². The van der Waals surface area contributed by atoms with E-state index >= 15 is 0 Å². The van der Waals surface area contributed by atoms with E-state index in [4.69, 9.17) is 9.84 Å². The summed E-state index contributed by atoms with van der Waals surface area (Å²) < 4.78 is 5.54. The molecule has 2 fully saturated rings. The quantitative estimate of drug-likeness (QED) is 0.805. The molecular formula is C17H20N3OY-. The van der Waals surface area contributed by atoms with Crippen LogP contribution in [0.15, 0.2) is 28.9 Å². The van der Waals surface area contributed by atoms with Gasteiger partial charge in [-0.05, 0) is 57.2 Å². The molecule has 1 saturated carbocycles. The molecule has 5 heteroatoms. The topological polar surface area (TPSA) is 43.4 Å². The van der Waals surface area contributed by atoms with Crippen molar-refractivity contribution in [3.05, 3.63) is 41.1 Å². The second-order valence-electron chi connectivity index (χ2n) is 6.35. The van der Waals surface area contributed by atoms with Gasteiger partial charge in [-0.25, -0.2) is 4.98 Å². The van der Waals surface area contributed by atoms with E-state index in [1.54, 1.807) is 6.26 Å². The van der Waals surface area contributed by atoms with Gasteiger partial charge in [-0.1, -0.05) is 18.2 Å². The number of aromatic nitrogens is 1. The number of benzene rings is 1. The number of rotatable bonds is 3. The van der Waals surface area contributed by atoms with Crippen LogP contribution in [0, 0.1) is 19.8 Å². The monoisotopic (exact) mass is 371 g/mol. The Morgan fingerprint density at radius 3 is 2.77 bits per heavy atom. The van der Waals surface area contributed by atoms with Gasteiger partial charge in [-0.15, -0.1) is 5.69 Å². The van der Waals surface area contributed by atoms with Crippen LogP contribution in [-0.2, 0) is 32.7 Å². The molecule has 2 atom stereocenters. The summed E-state index contributed by atoms with van der Waals surface area (Å²) in [5.74, 6) is 1.54. The van der Waals surface area contributed by atoms with Crippen LogP contribution < -0.4 is 0 Å². The van der Waals surface area contributed by atoms with Crippen LogP contribution in [0.4, 0.5) is 5.69 Å². The molecule has 1 unspecified atom stereocenters. The maximum atomic E-state index is 5.54. The summed E-state index contributed by atoms with van der Waals surface area (Å²) in [5.41, 5.74) is 8.95. The van der Waals surface area contributed by atoms with Gasteiger partial charge in [0.1, 0.15) is 6.26 Å². The van der Waals surface area contributed by atoms with Crippen molar-refractivity contribution < 1.29 is 37.1 Å². The zero-order valence-electron chi connectivity index (χ0n) is 13.1. The van der Waals surface area contributed by atoms with Crippen molar-refractivity contribution >= 4 is 5.69 Å². The van der Waals surface area contributed by atoms with E-state index in [1.165, 1.54) is 24.8 Å². The largest absolute Gasteiger partial charge is 0.620 e. The molecule has 2 aliphatic rings. The van der Waals surface area contributed by atoms with E-state index in [1.807, 2.05) is 6.92 Å². The minimum Gasteiger partial charge on any atom is -0.620 e. The molecular weight excluding hydrogens is 351 g/mol. The predicted molar refractivity (Wildman–Crippen MR) is 82.3 cm³/mol. The number of oxazole rings is 1. The van der Waals surface area contributed by atoms with Crippen molar-refractivity contribution in [2.75, 3.05) is 6.54 Å². The first-order valence-corrected chi connectivity index (χ1v) is 7.70. The standard InChI is InChI=1S/C17H20N3O.Y/c1-11-3-5-14(8-16(11)17-18-12(2)10-21-17)19-20-9-13-4-6-15(20)7-13;/h3,5,8,10,13,15H,4,6-7,9H2,1-2H3;/q-1;/t13?,15-;/m0./s1. The number of fused-ring (bicyclic) bond motifs is 2. The Bertz CT molecular complexity index is 670. The number of hydrogen-bond donors (Lipinski definition) is 0. The first-order chi connectivity index (χ1) is 10.2. The molecule has 1 aromatic carbocycles. The molecule has 1 radical (unpaired) electrons. The summed E-state index contributed by atoms with van der Waals surface area (Å²) in [6, 6.07) is 6.93. The van der Waals surface area contributed by atoms with Gasteiger partial charge in [0, 0.05) is 38.3 Å². The Labute approximate surface area is 156 Å². The van der Waals surface area contributed by atoms with Gasteiger partial charge in [-0.3, -0.25) is 0 Å². The van der Waals surface area contributed by atoms with Crippen molar-refractivity contribution in [1.82, 2.24) is 9.99 Å². The van der Waals surface area contributed by atoms with Gasteiger partial charge in [0.05, 0.1) is 5.69 Å². The second-order valence-corrected chi connectivity index (χ2v) is 6.35. The Morgan fingerprint density at radius 1 is 1.27 bits per heavy atom. The molecule has 0 amide bonds. The Kier molecular flexibility index (Phi) is 4.72. The molecule has 1 aliphatic heterocycles. The van der Waals surface area contributed by atoms with Crippen LogP contribution in [0.5, 0.6) is 0 Å². The predicted octanol–water partition coefficient (Wildman–Crippen LogP) is 4.36. The van der Waals surface area contributed by atoms with Crippen molar-refractivity contribution in [2.45, 2.75) is 39.2 Å². The summed E-state index contributed by atoms with van der Waals surface area (Å²) in [6.07, 6.45) is 5.69. The zero-order chi connectivity index (χ0) is 14.4. The Hall–Kier alpha value is -0.706. The van der Waals surface area contributed by atoms with Gasteiger partial charge in [0.15, 0.2) is 0 Å². The fraction of sp³-hybridized carbons (Fsp3) is 0.471. The van der Waals surface area contributed by atoms with E-state index in [9.17, 15) is 0 Å². The summed E-state index contributed by atoms with van der Waals surface area (Å²) >= 11 is 0. The van der Waals surface area contributed by atoms with E-state index in [0.717, 1.165) is 29.4 Å². The smallest absolute Gasteiger partial charge is 0.226 e. The maximum absolute atomic E-state index is 5.54. The van der Waals surface area contributed by atoms with Gasteiger partial charge in [-0.2, -0.15) is 0 Å². The SMILES string of the molecule is Cc1coc(-c2cc([N-]N3CC4CC[C@H]3C4)ccc2C)n1.[Y]. The minimum atomic E-state index is 0. The molecule has 4 rings (SSSR count). The third kappa shape index (κ3) is 3.01. The Balaban J connectivity index is 0.00000144. The summed E-state index contributed by atoms with van der Waals surface area (Å²) in [7, 11) is 0. The maximum Gasteiger partial charge on any atom is 0.226 e. The third-order valence-corrected chi connectivity index (χ3v) is 4.69. The van der Waals surface area contributed by atoms with Crippen LogP contribution in [0.2, 0.25) is 0 Å². The van der Waals surface area contributed by atoms with Crippen molar-refractivity contribution in [2.24, 2.45) is 5.92 Å². The molecule has 113 valence electrons. The molecule has 2 aromatic rings. The number of nitrogens with zero attached hydrogens (tertiary/aromatic N) is 3. The normalized spacial score (nSPS) is 23.5. The molecule has 1 aliphatic carbocycles. The first kappa shape index (κ1) is 16.2. The summed E-state index contributed by atoms with van der Waals surface area (Å²) in [6.45, 7) is 5.14. The fourth-order valence-electron chi connectivity index (χ4n) is 3.55. The number of piperidine rings is 1. The van der Waals surface area contributed by atoms with E-state index in [0.29, 0.717) is 11.9 Å². The fourth-order valence-corrected chi connectivity index (χ4v) is 3.55. The van der Waals surface area contributed by atoms with Gasteiger partial charge >= 0.3 is 0 Å². The van der Waals surface area contributed by atoms with E-state index in [2.05, 4.69) is 35.1 Å². The van der Waals surface area contributed by atoms with Gasteiger partial charge < -0.3 is 14.9 Å². The number of hydrogen-bond acceptors (Lipinski definition) is 3. The molecule has 22 heavy (non-hydrogen) atoms. The number of aryl methyl sites for hydroxylation is 2. The minimum absolute atomic E-state index is 0. The molecule has 4 nitrogen and oxygen atoms in total. The summed E-state index contributed by atoms with van der Waals surface area (Å²) in [4.78, 5) is 4.43. The molecule has 2 heterocycles.